The molecule has 0 amide bonds. The fourth-order valence-corrected chi connectivity index (χ4v) is 1.76. The summed E-state index contributed by atoms with van der Waals surface area (Å²) in [4.78, 5) is 8.12. The first-order valence-electron chi connectivity index (χ1n) is 4.43. The fourth-order valence-electron chi connectivity index (χ4n) is 0.927. The fraction of sp³-hybridized carbons (Fsp3) is 0.556. The summed E-state index contributed by atoms with van der Waals surface area (Å²) in [6.45, 7) is 0.301. The third-order valence-electron chi connectivity index (χ3n) is 1.59. The molecule has 0 spiro atoms. The van der Waals surface area contributed by atoms with Crippen molar-refractivity contribution in [1.82, 2.24) is 9.97 Å². The van der Waals surface area contributed by atoms with E-state index in [-0.39, 0.29) is 0 Å². The number of unbranched alkanes of at least 4 members (excludes halogenated alkanes) is 2. The van der Waals surface area contributed by atoms with Crippen LogP contribution in [0.2, 0.25) is 0 Å². The molecule has 72 valence electrons. The Morgan fingerprint density at radius 2 is 2.15 bits per heavy atom. The molecular formula is C9H14N2OS. The van der Waals surface area contributed by atoms with E-state index in [2.05, 4.69) is 9.97 Å². The maximum absolute atomic E-state index is 8.55. The molecule has 0 fully saturated rings. The smallest absolute Gasteiger partial charge is 0.114 e. The van der Waals surface area contributed by atoms with Crippen molar-refractivity contribution in [2.45, 2.75) is 24.3 Å². The minimum atomic E-state index is 0.301. The van der Waals surface area contributed by atoms with Crippen LogP contribution in [0.3, 0.4) is 0 Å². The van der Waals surface area contributed by atoms with Crippen molar-refractivity contribution in [1.29, 1.82) is 0 Å². The molecule has 0 saturated carbocycles. The Balaban J connectivity index is 2.07. The van der Waals surface area contributed by atoms with Crippen LogP contribution < -0.4 is 0 Å². The van der Waals surface area contributed by atoms with Gasteiger partial charge in [0.1, 0.15) is 5.03 Å². The molecule has 0 aliphatic rings. The number of hydrogen-bond donors (Lipinski definition) is 1. The van der Waals surface area contributed by atoms with Gasteiger partial charge in [-0.3, -0.25) is 4.98 Å². The molecular weight excluding hydrogens is 184 g/mol. The van der Waals surface area contributed by atoms with Gasteiger partial charge < -0.3 is 5.11 Å². The van der Waals surface area contributed by atoms with Gasteiger partial charge in [-0.1, -0.05) is 6.42 Å². The summed E-state index contributed by atoms with van der Waals surface area (Å²) in [5.41, 5.74) is 0. The molecule has 1 aromatic heterocycles. The van der Waals surface area contributed by atoms with E-state index < -0.39 is 0 Å². The van der Waals surface area contributed by atoms with E-state index in [0.717, 1.165) is 30.0 Å². The Kier molecular flexibility index (Phi) is 5.52. The highest BCUT2D eigenvalue weighted by atomic mass is 32.2. The Morgan fingerprint density at radius 3 is 2.85 bits per heavy atom. The van der Waals surface area contributed by atoms with Crippen LogP contribution in [0.25, 0.3) is 0 Å². The molecule has 0 bridgehead atoms. The summed E-state index contributed by atoms with van der Waals surface area (Å²) >= 11 is 1.72. The highest BCUT2D eigenvalue weighted by Crippen LogP contribution is 2.14. The molecule has 0 saturated heterocycles. The molecule has 0 radical (unpaired) electrons. The summed E-state index contributed by atoms with van der Waals surface area (Å²) in [6.07, 6.45) is 8.27. The van der Waals surface area contributed by atoms with E-state index >= 15 is 0 Å². The number of nitrogens with zero attached hydrogens (tertiary/aromatic N) is 2. The second-order valence-electron chi connectivity index (χ2n) is 2.68. The van der Waals surface area contributed by atoms with Gasteiger partial charge in [0.25, 0.3) is 0 Å². The molecule has 0 aliphatic carbocycles. The molecule has 1 N–H and O–H groups in total. The first-order valence-corrected chi connectivity index (χ1v) is 5.41. The quantitative estimate of drug-likeness (QED) is 0.558. The van der Waals surface area contributed by atoms with Gasteiger partial charge in [0, 0.05) is 19.0 Å². The zero-order chi connectivity index (χ0) is 9.36. The maximum atomic E-state index is 8.55. The third-order valence-corrected chi connectivity index (χ3v) is 2.59. The van der Waals surface area contributed by atoms with Gasteiger partial charge in [-0.2, -0.15) is 0 Å². The maximum Gasteiger partial charge on any atom is 0.114 e. The van der Waals surface area contributed by atoms with Gasteiger partial charge in [0.15, 0.2) is 0 Å². The van der Waals surface area contributed by atoms with Gasteiger partial charge in [-0.25, -0.2) is 4.98 Å². The Labute approximate surface area is 82.6 Å². The Bertz CT molecular complexity index is 218. The van der Waals surface area contributed by atoms with E-state index in [1.807, 2.05) is 0 Å². The zero-order valence-electron chi connectivity index (χ0n) is 7.52. The summed E-state index contributed by atoms with van der Waals surface area (Å²) in [7, 11) is 0. The molecule has 3 nitrogen and oxygen atoms in total. The minimum absolute atomic E-state index is 0.301. The molecule has 13 heavy (non-hydrogen) atoms. The Hall–Kier alpha value is -0.610. The van der Waals surface area contributed by atoms with Gasteiger partial charge in [-0.15, -0.1) is 11.8 Å². The van der Waals surface area contributed by atoms with Crippen LogP contribution >= 0.6 is 11.8 Å². The molecule has 0 aromatic carbocycles. The third kappa shape index (κ3) is 4.85. The van der Waals surface area contributed by atoms with E-state index in [1.54, 1.807) is 30.4 Å². The highest BCUT2D eigenvalue weighted by molar-refractivity contribution is 7.99. The summed E-state index contributed by atoms with van der Waals surface area (Å²) in [5.74, 6) is 1.05. The number of rotatable bonds is 6. The van der Waals surface area contributed by atoms with Crippen LogP contribution in [0.5, 0.6) is 0 Å². The molecule has 0 unspecified atom stereocenters. The number of aliphatic hydroxyl groups is 1. The van der Waals surface area contributed by atoms with E-state index in [4.69, 9.17) is 5.11 Å². The number of thioether (sulfide) groups is 1. The molecule has 1 rings (SSSR count). The summed E-state index contributed by atoms with van der Waals surface area (Å²) in [6, 6.07) is 0. The van der Waals surface area contributed by atoms with Crippen LogP contribution in [-0.2, 0) is 0 Å². The van der Waals surface area contributed by atoms with E-state index in [0.29, 0.717) is 6.61 Å². The van der Waals surface area contributed by atoms with Crippen LogP contribution in [0, 0.1) is 0 Å². The van der Waals surface area contributed by atoms with Gasteiger partial charge in [0.2, 0.25) is 0 Å². The lowest BCUT2D eigenvalue weighted by Crippen LogP contribution is -1.86. The average Bonchev–Trinajstić information content (AvgIpc) is 2.19. The van der Waals surface area contributed by atoms with Crippen molar-refractivity contribution in [3.05, 3.63) is 18.6 Å². The summed E-state index contributed by atoms with van der Waals surface area (Å²) in [5, 5.41) is 9.53. The largest absolute Gasteiger partial charge is 0.396 e. The van der Waals surface area contributed by atoms with Crippen LogP contribution in [0.4, 0.5) is 0 Å². The van der Waals surface area contributed by atoms with Gasteiger partial charge in [0.05, 0.1) is 6.20 Å². The minimum Gasteiger partial charge on any atom is -0.396 e. The van der Waals surface area contributed by atoms with Crippen LogP contribution in [0.15, 0.2) is 23.6 Å². The second-order valence-corrected chi connectivity index (χ2v) is 3.79. The topological polar surface area (TPSA) is 46.0 Å². The lowest BCUT2D eigenvalue weighted by atomic mass is 10.3. The lowest BCUT2D eigenvalue weighted by Gasteiger charge is -1.98. The van der Waals surface area contributed by atoms with Crippen molar-refractivity contribution in [3.63, 3.8) is 0 Å². The van der Waals surface area contributed by atoms with Crippen molar-refractivity contribution in [2.24, 2.45) is 0 Å². The predicted molar refractivity (Wildman–Crippen MR) is 53.7 cm³/mol. The molecule has 0 aliphatic heterocycles. The van der Waals surface area contributed by atoms with Gasteiger partial charge in [-0.05, 0) is 18.6 Å². The Morgan fingerprint density at radius 1 is 1.23 bits per heavy atom. The van der Waals surface area contributed by atoms with Gasteiger partial charge >= 0.3 is 0 Å². The molecule has 1 heterocycles. The van der Waals surface area contributed by atoms with Crippen molar-refractivity contribution in [3.8, 4) is 0 Å². The highest BCUT2D eigenvalue weighted by Gasteiger charge is 1.94. The average molecular weight is 198 g/mol. The number of aliphatic hydroxyl groups excluding tert-OH is 1. The van der Waals surface area contributed by atoms with Crippen molar-refractivity contribution < 1.29 is 5.11 Å². The lowest BCUT2D eigenvalue weighted by molar-refractivity contribution is 0.284. The first-order chi connectivity index (χ1) is 6.43. The zero-order valence-corrected chi connectivity index (χ0v) is 8.33. The van der Waals surface area contributed by atoms with E-state index in [9.17, 15) is 0 Å². The normalized spacial score (nSPS) is 10.2. The predicted octanol–water partition coefficient (Wildman–Crippen LogP) is 1.73. The SMILES string of the molecule is OCCCCCSc1cnccn1. The molecule has 0 atom stereocenters. The summed E-state index contributed by atoms with van der Waals surface area (Å²) < 4.78 is 0. The van der Waals surface area contributed by atoms with Crippen molar-refractivity contribution in [2.75, 3.05) is 12.4 Å². The number of hydrogen-bond acceptors (Lipinski definition) is 4. The first kappa shape index (κ1) is 10.5. The number of aromatic nitrogens is 2. The van der Waals surface area contributed by atoms with Crippen LogP contribution in [0.1, 0.15) is 19.3 Å². The van der Waals surface area contributed by atoms with E-state index in [1.165, 1.54) is 0 Å². The molecule has 4 heteroatoms. The monoisotopic (exact) mass is 198 g/mol. The van der Waals surface area contributed by atoms with Crippen molar-refractivity contribution >= 4 is 11.8 Å². The second kappa shape index (κ2) is 6.86. The molecule has 1 aromatic rings. The van der Waals surface area contributed by atoms with Crippen LogP contribution in [-0.4, -0.2) is 27.4 Å². The standard InChI is InChI=1S/C9H14N2OS/c12-6-2-1-3-7-13-9-8-10-4-5-11-9/h4-5,8,12H,1-3,6-7H2.